The highest BCUT2D eigenvalue weighted by Crippen LogP contribution is 2.28. The lowest BCUT2D eigenvalue weighted by Crippen LogP contribution is -2.37. The van der Waals surface area contributed by atoms with Crippen LogP contribution in [0.5, 0.6) is 0 Å². The average molecular weight is 560 g/mol. The van der Waals surface area contributed by atoms with Crippen molar-refractivity contribution < 1.29 is 38.5 Å². The van der Waals surface area contributed by atoms with E-state index >= 15 is 0 Å². The van der Waals surface area contributed by atoms with E-state index in [1.165, 1.54) is 20.3 Å². The predicted molar refractivity (Wildman–Crippen MR) is 149 cm³/mol. The number of hydrogen-bond acceptors (Lipinski definition) is 9. The molecule has 0 saturated carbocycles. The van der Waals surface area contributed by atoms with Crippen molar-refractivity contribution in [2.45, 2.75) is 65.0 Å². The summed E-state index contributed by atoms with van der Waals surface area (Å²) in [4.78, 5) is 50.7. The summed E-state index contributed by atoms with van der Waals surface area (Å²) in [5.74, 6) is -2.06. The second-order valence-corrected chi connectivity index (χ2v) is 10.2. The van der Waals surface area contributed by atoms with Gasteiger partial charge in [0.25, 0.3) is 5.91 Å². The normalized spacial score (nSPS) is 29.3. The van der Waals surface area contributed by atoms with Gasteiger partial charge in [-0.25, -0.2) is 4.79 Å². The third kappa shape index (κ3) is 8.23. The number of aliphatic hydroxyl groups excluding tert-OH is 1. The summed E-state index contributed by atoms with van der Waals surface area (Å²) in [5.41, 5.74) is 6.47. The molecule has 220 valence electrons. The lowest BCUT2D eigenvalue weighted by atomic mass is 9.85. The molecule has 1 heterocycles. The number of likely N-dealkylation sites (N-methyl/N-ethyl adjacent to an activating group) is 1. The van der Waals surface area contributed by atoms with Gasteiger partial charge in [0.1, 0.15) is 6.10 Å². The number of carbonyl (C=O) groups is 4. The molecule has 0 aromatic carbocycles. The first-order valence-electron chi connectivity index (χ1n) is 13.1. The van der Waals surface area contributed by atoms with Gasteiger partial charge >= 0.3 is 6.09 Å². The molecule has 2 amide bonds. The summed E-state index contributed by atoms with van der Waals surface area (Å²) >= 11 is 0. The lowest BCUT2D eigenvalue weighted by molar-refractivity contribution is -0.120. The number of amides is 2. The van der Waals surface area contributed by atoms with Gasteiger partial charge in [0.15, 0.2) is 6.10 Å². The number of rotatable bonds is 4. The maximum atomic E-state index is 13.4. The van der Waals surface area contributed by atoms with Crippen molar-refractivity contribution in [3.63, 3.8) is 0 Å². The van der Waals surface area contributed by atoms with Crippen LogP contribution in [0.25, 0.3) is 0 Å². The van der Waals surface area contributed by atoms with E-state index in [-0.39, 0.29) is 34.9 Å². The van der Waals surface area contributed by atoms with Crippen LogP contribution >= 0.6 is 0 Å². The Balaban J connectivity index is 2.60. The minimum Gasteiger partial charge on any atom is -0.439 e. The Morgan fingerprint density at radius 3 is 2.40 bits per heavy atom. The zero-order valence-electron chi connectivity index (χ0n) is 24.1. The van der Waals surface area contributed by atoms with Crippen LogP contribution in [0.2, 0.25) is 0 Å². The Labute approximate surface area is 235 Å². The quantitative estimate of drug-likeness (QED) is 0.297. The van der Waals surface area contributed by atoms with Crippen molar-refractivity contribution in [2.24, 2.45) is 17.6 Å². The number of methoxy groups -OCH3 is 2. The van der Waals surface area contributed by atoms with Crippen molar-refractivity contribution in [3.05, 3.63) is 58.5 Å². The molecule has 1 aliphatic carbocycles. The molecule has 0 aromatic heterocycles. The SMILES string of the molecule is CNC1=C2C[C@@H](C)C[C@H](OC)[C@H](O)[C@@H](C)C=C(C)[C@H](OC(N)=O)[C@@H](OC)C=CC=C(C)C(=O)NC(=CC1=O)C2=O. The van der Waals surface area contributed by atoms with Crippen LogP contribution in [0.15, 0.2) is 58.5 Å². The number of ketones is 2. The fraction of sp³-hybridized carbons (Fsp3) is 0.517. The van der Waals surface area contributed by atoms with Crippen molar-refractivity contribution in [3.8, 4) is 0 Å². The molecule has 0 unspecified atom stereocenters. The Morgan fingerprint density at radius 1 is 1.15 bits per heavy atom. The van der Waals surface area contributed by atoms with Gasteiger partial charge in [-0.15, -0.1) is 0 Å². The lowest BCUT2D eigenvalue weighted by Gasteiger charge is -2.30. The summed E-state index contributed by atoms with van der Waals surface area (Å²) in [5, 5.41) is 16.5. The predicted octanol–water partition coefficient (Wildman–Crippen LogP) is 1.98. The molecule has 11 nitrogen and oxygen atoms in total. The van der Waals surface area contributed by atoms with Crippen LogP contribution in [-0.2, 0) is 28.6 Å². The summed E-state index contributed by atoms with van der Waals surface area (Å²) in [6.07, 6.45) is 3.86. The fourth-order valence-corrected chi connectivity index (χ4v) is 4.86. The number of ether oxygens (including phenoxy) is 3. The smallest absolute Gasteiger partial charge is 0.405 e. The number of nitrogens with one attached hydrogen (secondary N) is 2. The number of aliphatic hydroxyl groups is 1. The van der Waals surface area contributed by atoms with Crippen LogP contribution in [0.3, 0.4) is 0 Å². The molecule has 0 spiro atoms. The fourth-order valence-electron chi connectivity index (χ4n) is 4.86. The van der Waals surface area contributed by atoms with Gasteiger partial charge in [-0.05, 0) is 38.2 Å². The molecule has 2 bridgehead atoms. The summed E-state index contributed by atoms with van der Waals surface area (Å²) in [6, 6.07) is 0. The summed E-state index contributed by atoms with van der Waals surface area (Å²) < 4.78 is 16.5. The molecule has 2 rings (SSSR count). The molecular weight excluding hydrogens is 518 g/mol. The molecule has 0 aromatic rings. The first-order valence-corrected chi connectivity index (χ1v) is 13.1. The van der Waals surface area contributed by atoms with Gasteiger partial charge in [-0.3, -0.25) is 14.4 Å². The van der Waals surface area contributed by atoms with Crippen LogP contribution in [0, 0.1) is 11.8 Å². The number of allylic oxidation sites excluding steroid dienone is 4. The molecule has 0 saturated heterocycles. The number of nitrogens with two attached hydrogens (primary N) is 1. The van der Waals surface area contributed by atoms with Gasteiger partial charge in [0.05, 0.1) is 23.6 Å². The van der Waals surface area contributed by atoms with Gasteiger partial charge in [-0.2, -0.15) is 0 Å². The van der Waals surface area contributed by atoms with E-state index < -0.39 is 53.9 Å². The maximum absolute atomic E-state index is 13.4. The molecule has 11 heteroatoms. The molecule has 2 aliphatic rings. The molecule has 0 fully saturated rings. The number of carbonyl (C=O) groups excluding carboxylic acids is 4. The Bertz CT molecular complexity index is 1150. The molecular formula is C29H41N3O8. The second kappa shape index (κ2) is 14.7. The monoisotopic (exact) mass is 559 g/mol. The average Bonchev–Trinajstić information content (AvgIpc) is 2.90. The van der Waals surface area contributed by atoms with Crippen molar-refractivity contribution >= 4 is 23.6 Å². The van der Waals surface area contributed by atoms with E-state index in [2.05, 4.69) is 10.6 Å². The first-order chi connectivity index (χ1) is 18.8. The zero-order valence-corrected chi connectivity index (χ0v) is 24.1. The number of Topliss-reactive ketones (excluding diaryl/α,β-unsaturated/α-hetero) is 1. The molecule has 40 heavy (non-hydrogen) atoms. The summed E-state index contributed by atoms with van der Waals surface area (Å²) in [7, 11) is 4.48. The highest BCUT2D eigenvalue weighted by Gasteiger charge is 2.33. The minimum atomic E-state index is -0.997. The van der Waals surface area contributed by atoms with Crippen LogP contribution < -0.4 is 16.4 Å². The Morgan fingerprint density at radius 2 is 1.82 bits per heavy atom. The number of fused-ring (bicyclic) bond motifs is 2. The van der Waals surface area contributed by atoms with Gasteiger partial charge < -0.3 is 35.7 Å². The Kier molecular flexibility index (Phi) is 12.0. The zero-order chi connectivity index (χ0) is 30.1. The minimum absolute atomic E-state index is 0.118. The third-order valence-corrected chi connectivity index (χ3v) is 7.04. The van der Waals surface area contributed by atoms with Gasteiger partial charge in [0.2, 0.25) is 11.6 Å². The first kappa shape index (κ1) is 32.7. The van der Waals surface area contributed by atoms with Gasteiger partial charge in [0, 0.05) is 44.4 Å². The highest BCUT2D eigenvalue weighted by molar-refractivity contribution is 6.23. The summed E-state index contributed by atoms with van der Waals surface area (Å²) in [6.45, 7) is 6.98. The Hall–Kier alpha value is -3.54. The van der Waals surface area contributed by atoms with Gasteiger partial charge in [-0.1, -0.05) is 38.2 Å². The van der Waals surface area contributed by atoms with Crippen molar-refractivity contribution in [1.82, 2.24) is 10.6 Å². The van der Waals surface area contributed by atoms with E-state index in [9.17, 15) is 24.3 Å². The molecule has 5 N–H and O–H groups in total. The highest BCUT2D eigenvalue weighted by atomic mass is 16.6. The van der Waals surface area contributed by atoms with E-state index in [1.54, 1.807) is 46.0 Å². The topological polar surface area (TPSA) is 166 Å². The van der Waals surface area contributed by atoms with E-state index in [1.807, 2.05) is 6.92 Å². The molecule has 1 aliphatic heterocycles. The van der Waals surface area contributed by atoms with E-state index in [4.69, 9.17) is 19.9 Å². The van der Waals surface area contributed by atoms with Crippen LogP contribution in [0.1, 0.15) is 40.5 Å². The van der Waals surface area contributed by atoms with Crippen molar-refractivity contribution in [2.75, 3.05) is 21.3 Å². The van der Waals surface area contributed by atoms with E-state index in [0.717, 1.165) is 6.08 Å². The number of primary amides is 1. The van der Waals surface area contributed by atoms with Crippen molar-refractivity contribution in [1.29, 1.82) is 0 Å². The maximum Gasteiger partial charge on any atom is 0.405 e. The second-order valence-electron chi connectivity index (χ2n) is 10.2. The van der Waals surface area contributed by atoms with E-state index in [0.29, 0.717) is 12.0 Å². The van der Waals surface area contributed by atoms with Crippen LogP contribution in [0.4, 0.5) is 4.79 Å². The number of hydrogen-bond donors (Lipinski definition) is 4. The standard InChI is InChI=1S/C29H41N3O8/c1-15-11-19-24(31-5)21(33)14-20(26(19)35)32-28(36)16(2)9-8-10-22(38-6)27(40-29(30)37)18(4)13-17(3)25(34)23(12-15)39-7/h8-10,13-15,17,22-23,25,27,31,34H,11-12H2,1-7H3,(H2,30,37)(H,32,36)/t15-,17+,22+,23+,25-,27+/m1/s1. The third-order valence-electron chi connectivity index (χ3n) is 7.04. The largest absolute Gasteiger partial charge is 0.439 e. The van der Waals surface area contributed by atoms with Crippen LogP contribution in [-0.4, -0.2) is 74.4 Å². The molecule has 6 atom stereocenters. The molecule has 0 radical (unpaired) electrons.